The quantitative estimate of drug-likeness (QED) is 0.163. The van der Waals surface area contributed by atoms with Gasteiger partial charge in [-0.05, 0) is 77.9 Å². The Morgan fingerprint density at radius 3 is 1.69 bits per heavy atom. The van der Waals surface area contributed by atoms with Crippen LogP contribution in [0.5, 0.6) is 0 Å². The number of rotatable bonds is 5. The number of benzene rings is 7. The predicted octanol–water partition coefficient (Wildman–Crippen LogP) is 12.9. The normalized spacial score (nSPS) is 22.6. The lowest BCUT2D eigenvalue weighted by atomic mass is 10.0. The van der Waals surface area contributed by atoms with E-state index in [9.17, 15) is 13.7 Å². The van der Waals surface area contributed by atoms with E-state index in [-0.39, 0.29) is 45.5 Å². The summed E-state index contributed by atoms with van der Waals surface area (Å²) in [5, 5.41) is -2.18. The Labute approximate surface area is 379 Å². The summed E-state index contributed by atoms with van der Waals surface area (Å²) < 4.78 is 256. The molecule has 0 fully saturated rings. The third-order valence-electron chi connectivity index (χ3n) is 9.81. The minimum Gasteiger partial charge on any atom is -0.309 e. The second-order valence-corrected chi connectivity index (χ2v) is 13.0. The summed E-state index contributed by atoms with van der Waals surface area (Å²) in [7, 11) is 0. The predicted molar refractivity (Wildman–Crippen MR) is 243 cm³/mol. The Bertz CT molecular complexity index is 5050. The van der Waals surface area contributed by atoms with E-state index < -0.39 is 242 Å². The Morgan fingerprint density at radius 2 is 1.02 bits per heavy atom. The molecule has 7 aromatic carbocycles. The first kappa shape index (κ1) is 15.8. The van der Waals surface area contributed by atoms with Crippen molar-refractivity contribution in [1.82, 2.24) is 28.7 Å². The van der Waals surface area contributed by atoms with Gasteiger partial charge in [0.2, 0.25) is 11.9 Å². The molecular formula is C53H36N6. The van der Waals surface area contributed by atoms with Gasteiger partial charge in [-0.15, -0.1) is 0 Å². The molecule has 0 radical (unpaired) electrons. The van der Waals surface area contributed by atoms with Crippen molar-refractivity contribution < 1.29 is 38.4 Å². The average molecular weight is 785 g/mol. The zero-order chi connectivity index (χ0) is 63.2. The highest BCUT2D eigenvalue weighted by molar-refractivity contribution is 6.11. The van der Waals surface area contributed by atoms with Crippen LogP contribution in [0.25, 0.3) is 101 Å². The Kier molecular flexibility index (Phi) is 3.60. The smallest absolute Gasteiger partial charge is 0.240 e. The molecule has 0 spiro atoms. The third kappa shape index (κ3) is 5.23. The van der Waals surface area contributed by atoms with E-state index in [4.69, 9.17) is 39.6 Å². The van der Waals surface area contributed by atoms with Crippen molar-refractivity contribution in [2.45, 2.75) is 12.8 Å². The fraction of sp³-hybridized carbons (Fsp3) is 0.0377. The molecule has 0 N–H and O–H groups in total. The van der Waals surface area contributed by atoms with Gasteiger partial charge in [0.25, 0.3) is 0 Å². The van der Waals surface area contributed by atoms with E-state index in [2.05, 4.69) is 0 Å². The highest BCUT2D eigenvalue weighted by Gasteiger charge is 2.24. The summed E-state index contributed by atoms with van der Waals surface area (Å²) >= 11 is 0. The summed E-state index contributed by atoms with van der Waals surface area (Å²) in [5.74, 6) is -2.19. The molecule has 278 valence electrons. The maximum Gasteiger partial charge on any atom is 0.240 e. The Hall–Kier alpha value is -7.83. The lowest BCUT2D eigenvalue weighted by Crippen LogP contribution is -2.11. The first-order valence-corrected chi connectivity index (χ1v) is 17.8. The molecule has 0 amide bonds. The van der Waals surface area contributed by atoms with E-state index in [1.807, 2.05) is 0 Å². The fourth-order valence-electron chi connectivity index (χ4n) is 7.35. The molecule has 0 atom stereocenters. The molecule has 0 aliphatic heterocycles. The van der Waals surface area contributed by atoms with Crippen LogP contribution in [0.3, 0.4) is 0 Å². The monoisotopic (exact) mass is 784 g/mol. The maximum atomic E-state index is 10.00. The SMILES string of the molecule is [2H]/C1=C(\[2H])Cc2c(n(-c3ccccc3-c3nc(-n4c5c([2H])c([2H])c([2H])c([2H])c5c5c([2H])c([2H])c([2H])c([2H])c54)nc(-n4c5c([2H])c([2H])c([2H])c([2H])c5c5c([2H])c([2H])c(-c6c([2H])c([2H])c([2H])c([2H])c6[2H])c([2H])c54)n3)c3c([2H])c([2H])c([2H])c([2H])c23)/C([2H])=C(/[2H])C1. The second kappa shape index (κ2) is 13.4. The largest absolute Gasteiger partial charge is 0.309 e. The average Bonchev–Trinajstić information content (AvgIpc) is 1.58. The van der Waals surface area contributed by atoms with Gasteiger partial charge in [0.05, 0.1) is 77.3 Å². The van der Waals surface area contributed by atoms with E-state index in [1.165, 1.54) is 28.8 Å². The highest BCUT2D eigenvalue weighted by Crippen LogP contribution is 2.39. The van der Waals surface area contributed by atoms with Crippen LogP contribution < -0.4 is 0 Å². The van der Waals surface area contributed by atoms with Gasteiger partial charge in [0.15, 0.2) is 5.82 Å². The molecule has 0 unspecified atom stereocenters. The Balaban J connectivity index is 1.34. The molecule has 4 heterocycles. The van der Waals surface area contributed by atoms with E-state index in [1.54, 1.807) is 0 Å². The van der Waals surface area contributed by atoms with Crippen molar-refractivity contribution >= 4 is 60.6 Å². The molecule has 6 nitrogen and oxygen atoms in total. The van der Waals surface area contributed by atoms with Gasteiger partial charge in [0, 0.05) is 32.5 Å². The molecule has 12 rings (SSSR count). The zero-order valence-corrected chi connectivity index (χ0v) is 29.9. The molecule has 1 aliphatic rings. The first-order chi connectivity index (χ1) is 40.9. The van der Waals surface area contributed by atoms with Gasteiger partial charge in [-0.2, -0.15) is 15.0 Å². The summed E-state index contributed by atoms with van der Waals surface area (Å²) in [6.45, 7) is 0. The van der Waals surface area contributed by atoms with Crippen LogP contribution >= 0.6 is 0 Å². The van der Waals surface area contributed by atoms with Crippen LogP contribution in [-0.4, -0.2) is 28.7 Å². The van der Waals surface area contributed by atoms with Gasteiger partial charge in [0.1, 0.15) is 0 Å². The molecular weight excluding hydrogens is 721 g/mol. The van der Waals surface area contributed by atoms with Crippen LogP contribution in [0.4, 0.5) is 0 Å². The van der Waals surface area contributed by atoms with Gasteiger partial charge in [-0.1, -0.05) is 145 Å². The standard InChI is InChI=1S/C53H36N6/c1-2-7-26-44-37(20-6-1)38-21-8-13-27-45(38)57(44)49-31-17-12-25-43(49)51-54-52(58-46-28-14-9-22-39(46)40-23-10-15-29-47(40)58)56-53(55-51)59-48-30-16-11-24-41(48)42-33-32-36(34-50(42)59)35-18-4-3-5-19-35/h1,3-19,21-34H,2,20H2/b6-1-,26-7-/i1D,3D,4D,5D,6D,7D,8D,9D,10D,11D,13D,14D,15D,16D,18D,19D,21D,22D,23D,24D,26D,27D,28D,29D,30D,32D,33D,34D. The molecule has 4 aromatic heterocycles. The van der Waals surface area contributed by atoms with Crippen molar-refractivity contribution in [3.05, 3.63) is 199 Å². The summed E-state index contributed by atoms with van der Waals surface area (Å²) in [6.07, 6.45) is -0.982. The highest BCUT2D eigenvalue weighted by atomic mass is 15.3. The van der Waals surface area contributed by atoms with Crippen LogP contribution in [-0.2, 0) is 6.42 Å². The van der Waals surface area contributed by atoms with Crippen molar-refractivity contribution in [2.24, 2.45) is 0 Å². The van der Waals surface area contributed by atoms with Crippen LogP contribution in [0, 0.1) is 0 Å². The minimum atomic E-state index is -0.923. The van der Waals surface area contributed by atoms with Gasteiger partial charge in [-0.25, -0.2) is 0 Å². The number of hydrogen-bond acceptors (Lipinski definition) is 3. The first-order valence-electron chi connectivity index (χ1n) is 31.8. The zero-order valence-electron chi connectivity index (χ0n) is 57.9. The summed E-state index contributed by atoms with van der Waals surface area (Å²) in [5.41, 5.74) is -4.77. The maximum absolute atomic E-state index is 10.00. The molecule has 1 aliphatic carbocycles. The van der Waals surface area contributed by atoms with Crippen LogP contribution in [0.1, 0.15) is 56.1 Å². The topological polar surface area (TPSA) is 53.5 Å². The number of aromatic nitrogens is 6. The van der Waals surface area contributed by atoms with Crippen molar-refractivity contribution in [3.8, 4) is 40.1 Å². The molecule has 6 heteroatoms. The number of nitrogens with zero attached hydrogens (tertiary/aromatic N) is 6. The van der Waals surface area contributed by atoms with Crippen LogP contribution in [0.2, 0.25) is 0 Å². The fourth-order valence-corrected chi connectivity index (χ4v) is 7.35. The number of fused-ring (bicyclic) bond motifs is 9. The lowest BCUT2D eigenvalue weighted by molar-refractivity contribution is 0.891. The number of allylic oxidation sites excluding steroid dienone is 3. The van der Waals surface area contributed by atoms with Gasteiger partial charge < -0.3 is 4.57 Å². The molecule has 0 saturated carbocycles. The summed E-state index contributed by atoms with van der Waals surface area (Å²) in [6, 6.07) is -16.1. The van der Waals surface area contributed by atoms with Gasteiger partial charge in [-0.3, -0.25) is 9.13 Å². The molecule has 59 heavy (non-hydrogen) atoms. The van der Waals surface area contributed by atoms with Gasteiger partial charge >= 0.3 is 0 Å². The third-order valence-corrected chi connectivity index (χ3v) is 9.81. The van der Waals surface area contributed by atoms with Crippen molar-refractivity contribution in [3.63, 3.8) is 0 Å². The minimum absolute atomic E-state index is 0.0566. The number of para-hydroxylation sites is 5. The van der Waals surface area contributed by atoms with Crippen molar-refractivity contribution in [1.29, 1.82) is 0 Å². The molecule has 0 saturated heterocycles. The van der Waals surface area contributed by atoms with Crippen molar-refractivity contribution in [2.75, 3.05) is 0 Å². The van der Waals surface area contributed by atoms with E-state index in [0.29, 0.717) is 0 Å². The number of hydrogen-bond donors (Lipinski definition) is 0. The Morgan fingerprint density at radius 1 is 0.458 bits per heavy atom. The van der Waals surface area contributed by atoms with E-state index >= 15 is 0 Å². The summed E-state index contributed by atoms with van der Waals surface area (Å²) in [4.78, 5) is 14.5. The molecule has 0 bridgehead atoms. The van der Waals surface area contributed by atoms with E-state index in [0.717, 1.165) is 9.13 Å². The lowest BCUT2D eigenvalue weighted by Gasteiger charge is -2.17. The van der Waals surface area contributed by atoms with Crippen LogP contribution in [0.15, 0.2) is 187 Å². The molecule has 11 aromatic rings. The second-order valence-electron chi connectivity index (χ2n) is 13.0.